The smallest absolute Gasteiger partial charge is 0.411 e. The molecule has 75 heavy (non-hydrogen) atoms. The Morgan fingerprint density at radius 2 is 0.800 bits per heavy atom. The first-order chi connectivity index (χ1) is 35.6. The molecule has 0 fully saturated rings. The van der Waals surface area contributed by atoms with Gasteiger partial charge in [-0.15, -0.1) is 0 Å². The number of halogens is 6. The highest BCUT2D eigenvalue weighted by molar-refractivity contribution is 7.85. The van der Waals surface area contributed by atoms with E-state index < -0.39 is 44.8 Å². The van der Waals surface area contributed by atoms with Crippen molar-refractivity contribution >= 4 is 27.5 Å². The summed E-state index contributed by atoms with van der Waals surface area (Å²) in [4.78, 5) is 39.9. The fourth-order valence-corrected chi connectivity index (χ4v) is 8.82. The van der Waals surface area contributed by atoms with E-state index in [9.17, 15) is 22.8 Å². The largest absolute Gasteiger partial charge is 0.494 e. The lowest BCUT2D eigenvalue weighted by atomic mass is 9.73. The van der Waals surface area contributed by atoms with E-state index in [1.807, 2.05) is 19.1 Å². The first kappa shape index (κ1) is 53.0. The Balaban J connectivity index is 0.911. The number of aryl methyl sites for hydroxylation is 2. The fraction of sp³-hybridized carbons (Fsp3) is 0.136. The summed E-state index contributed by atoms with van der Waals surface area (Å²) in [5.74, 6) is -0.608. The van der Waals surface area contributed by atoms with Gasteiger partial charge < -0.3 is 14.2 Å². The summed E-state index contributed by atoms with van der Waals surface area (Å²) in [5.41, 5.74) is -1.23. The predicted molar refractivity (Wildman–Crippen MR) is 270 cm³/mol. The van der Waals surface area contributed by atoms with E-state index in [2.05, 4.69) is 0 Å². The van der Waals surface area contributed by atoms with Crippen LogP contribution < -0.4 is 14.2 Å². The Kier molecular flexibility index (Phi) is 15.3. The summed E-state index contributed by atoms with van der Waals surface area (Å²) >= 11 is 0. The van der Waals surface area contributed by atoms with Gasteiger partial charge in [0.15, 0.2) is 17.3 Å². The number of carbonyl (C=O) groups is 3. The minimum atomic E-state index is -5.85. The second-order valence-electron chi connectivity index (χ2n) is 17.5. The van der Waals surface area contributed by atoms with Gasteiger partial charge >= 0.3 is 12.4 Å². The van der Waals surface area contributed by atoms with Gasteiger partial charge in [-0.3, -0.25) is 18.9 Å². The zero-order chi connectivity index (χ0) is 53.7. The number of ketones is 3. The van der Waals surface area contributed by atoms with Crippen LogP contribution in [0.3, 0.4) is 0 Å². The standard InChI is InChI=1S/C59H44F6O9S/c1-37-4-7-40(8-5-37)54(66)42-16-26-49(27-17-42)73-51-30-20-46(21-31-51)57(58(60,61)62,59(63,64)65)47-22-32-52(33-23-47)74-50-28-18-43(19-29-50)55(67)41-12-10-39(11-13-41)45-9-6-38(2)53(36-45)56(68)44-14-24-48(25-15-44)72-34-3-35-75(69,70)71/h4-33,36H,3,34-35H2,1-2H3,(H,69,70,71). The molecule has 8 rings (SSSR count). The number of benzene rings is 8. The molecule has 0 unspecified atom stereocenters. The van der Waals surface area contributed by atoms with Gasteiger partial charge in [-0.1, -0.05) is 90.5 Å². The lowest BCUT2D eigenvalue weighted by molar-refractivity contribution is -0.288. The summed E-state index contributed by atoms with van der Waals surface area (Å²) in [7, 11) is -4.10. The van der Waals surface area contributed by atoms with E-state index in [1.54, 1.807) is 85.8 Å². The molecular formula is C59H44F6O9S. The highest BCUT2D eigenvalue weighted by Crippen LogP contribution is 2.56. The van der Waals surface area contributed by atoms with Crippen molar-refractivity contribution in [2.45, 2.75) is 38.0 Å². The van der Waals surface area contributed by atoms with Gasteiger partial charge in [0.25, 0.3) is 10.1 Å². The van der Waals surface area contributed by atoms with Crippen molar-refractivity contribution in [1.29, 1.82) is 0 Å². The van der Waals surface area contributed by atoms with Gasteiger partial charge in [-0.25, -0.2) is 0 Å². The summed E-state index contributed by atoms with van der Waals surface area (Å²) in [6, 6.07) is 44.1. The maximum Gasteiger partial charge on any atom is 0.411 e. The minimum Gasteiger partial charge on any atom is -0.494 e. The van der Waals surface area contributed by atoms with Gasteiger partial charge in [-0.05, 0) is 151 Å². The third kappa shape index (κ3) is 12.0. The van der Waals surface area contributed by atoms with Gasteiger partial charge in [-0.2, -0.15) is 34.8 Å². The molecule has 0 atom stereocenters. The van der Waals surface area contributed by atoms with Gasteiger partial charge in [0, 0.05) is 33.4 Å². The number of hydrogen-bond donors (Lipinski definition) is 1. The molecule has 0 aliphatic carbocycles. The molecule has 0 bridgehead atoms. The molecule has 382 valence electrons. The summed E-state index contributed by atoms with van der Waals surface area (Å²) in [6.45, 7) is 3.75. The van der Waals surface area contributed by atoms with E-state index in [0.717, 1.165) is 41.0 Å². The lowest BCUT2D eigenvalue weighted by Gasteiger charge is -2.38. The number of hydrogen-bond acceptors (Lipinski definition) is 8. The van der Waals surface area contributed by atoms with E-state index >= 15 is 26.3 Å². The summed E-state index contributed by atoms with van der Waals surface area (Å²) < 4.78 is 138. The second-order valence-corrected chi connectivity index (χ2v) is 19.1. The van der Waals surface area contributed by atoms with E-state index in [4.69, 9.17) is 18.8 Å². The molecule has 0 spiro atoms. The molecule has 8 aromatic rings. The minimum absolute atomic E-state index is 0.0420. The van der Waals surface area contributed by atoms with Crippen molar-refractivity contribution in [3.63, 3.8) is 0 Å². The van der Waals surface area contributed by atoms with Crippen molar-refractivity contribution in [2.24, 2.45) is 0 Å². The van der Waals surface area contributed by atoms with Crippen LogP contribution in [0.15, 0.2) is 188 Å². The Morgan fingerprint density at radius 1 is 0.453 bits per heavy atom. The second kappa shape index (κ2) is 21.6. The molecular weight excluding hydrogens is 999 g/mol. The highest BCUT2D eigenvalue weighted by atomic mass is 32.2. The van der Waals surface area contributed by atoms with Crippen LogP contribution in [0.4, 0.5) is 26.3 Å². The van der Waals surface area contributed by atoms with Gasteiger partial charge in [0.1, 0.15) is 28.7 Å². The number of carbonyl (C=O) groups excluding carboxylic acids is 3. The van der Waals surface area contributed by atoms with E-state index in [1.165, 1.54) is 48.5 Å². The summed E-state index contributed by atoms with van der Waals surface area (Å²) in [5, 5.41) is 0. The highest BCUT2D eigenvalue weighted by Gasteiger charge is 2.72. The van der Waals surface area contributed by atoms with Gasteiger partial charge in [0.2, 0.25) is 5.41 Å². The van der Waals surface area contributed by atoms with Crippen molar-refractivity contribution in [2.75, 3.05) is 12.4 Å². The SMILES string of the molecule is Cc1ccc(C(=O)c2ccc(Oc3ccc(C(c4ccc(Oc5ccc(C(=O)c6ccc(-c7ccc(C)c(C(=O)c8ccc(OCCCS(=O)(=O)O)cc8)c7)cc6)cc5)cc4)(C(F)(F)F)C(F)(F)F)cc3)cc2)cc1. The molecule has 8 aromatic carbocycles. The zero-order valence-electron chi connectivity index (χ0n) is 39.9. The Bertz CT molecular complexity index is 3430. The van der Waals surface area contributed by atoms with Crippen LogP contribution in [0.25, 0.3) is 11.1 Å². The van der Waals surface area contributed by atoms with Crippen LogP contribution in [0.1, 0.15) is 76.4 Å². The molecule has 0 saturated carbocycles. The van der Waals surface area contributed by atoms with E-state index in [0.29, 0.717) is 63.4 Å². The van der Waals surface area contributed by atoms with Gasteiger partial charge in [0.05, 0.1) is 12.4 Å². The van der Waals surface area contributed by atoms with Crippen LogP contribution in [0, 0.1) is 13.8 Å². The van der Waals surface area contributed by atoms with Crippen molar-refractivity contribution in [1.82, 2.24) is 0 Å². The maximum absolute atomic E-state index is 15.0. The molecule has 0 amide bonds. The average Bonchev–Trinajstić information content (AvgIpc) is 3.38. The zero-order valence-corrected chi connectivity index (χ0v) is 40.7. The van der Waals surface area contributed by atoms with Crippen molar-refractivity contribution < 1.29 is 67.9 Å². The van der Waals surface area contributed by atoms with Crippen LogP contribution >= 0.6 is 0 Å². The summed E-state index contributed by atoms with van der Waals surface area (Å²) in [6.07, 6.45) is -11.6. The normalized spacial score (nSPS) is 12.0. The monoisotopic (exact) mass is 1040 g/mol. The molecule has 16 heteroatoms. The third-order valence-corrected chi connectivity index (χ3v) is 13.1. The van der Waals surface area contributed by atoms with Crippen molar-refractivity contribution in [3.8, 4) is 39.9 Å². The van der Waals surface area contributed by atoms with Crippen LogP contribution in [0.2, 0.25) is 0 Å². The average molecular weight is 1040 g/mol. The van der Waals surface area contributed by atoms with Crippen molar-refractivity contribution in [3.05, 3.63) is 244 Å². The number of ether oxygens (including phenoxy) is 3. The molecule has 0 radical (unpaired) electrons. The molecule has 0 saturated heterocycles. The Labute approximate surface area is 427 Å². The predicted octanol–water partition coefficient (Wildman–Crippen LogP) is 14.3. The molecule has 0 heterocycles. The van der Waals surface area contributed by atoms with Crippen LogP contribution in [-0.4, -0.2) is 55.0 Å². The van der Waals surface area contributed by atoms with Crippen LogP contribution in [-0.2, 0) is 15.5 Å². The first-order valence-electron chi connectivity index (χ1n) is 23.1. The molecule has 0 aliphatic heterocycles. The molecule has 1 N–H and O–H groups in total. The number of rotatable bonds is 18. The maximum atomic E-state index is 15.0. The molecule has 0 aliphatic rings. The topological polar surface area (TPSA) is 133 Å². The van der Waals surface area contributed by atoms with E-state index in [-0.39, 0.29) is 58.9 Å². The fourth-order valence-electron chi connectivity index (χ4n) is 8.34. The quantitative estimate of drug-likeness (QED) is 0.0386. The first-order valence-corrected chi connectivity index (χ1v) is 24.7. The molecule has 9 nitrogen and oxygen atoms in total. The number of alkyl halides is 6. The Morgan fingerprint density at radius 3 is 1.20 bits per heavy atom. The third-order valence-electron chi connectivity index (χ3n) is 12.3. The van der Waals surface area contributed by atoms with Crippen LogP contribution in [0.5, 0.6) is 28.7 Å². The lowest BCUT2D eigenvalue weighted by Crippen LogP contribution is -2.54. The Hall–Kier alpha value is -8.34. The molecule has 0 aromatic heterocycles.